The minimum Gasteiger partial charge on any atom is -0.474 e. The molecule has 0 saturated carbocycles. The SMILES string of the molecule is Cc1ccc(-c2nnc(C(C)Oc3ccc(S(=O)(=O)N4CCOCC4)cc3[N+](=O)[O-])o2)cc1. The monoisotopic (exact) mass is 474 g/mol. The van der Waals surface area contributed by atoms with Crippen molar-refractivity contribution < 1.29 is 27.2 Å². The van der Waals surface area contributed by atoms with Crippen molar-refractivity contribution in [1.29, 1.82) is 0 Å². The summed E-state index contributed by atoms with van der Waals surface area (Å²) in [5, 5.41) is 19.6. The van der Waals surface area contributed by atoms with E-state index in [1.54, 1.807) is 6.92 Å². The molecule has 1 saturated heterocycles. The van der Waals surface area contributed by atoms with Gasteiger partial charge in [0.2, 0.25) is 15.9 Å². The van der Waals surface area contributed by atoms with Gasteiger partial charge < -0.3 is 13.9 Å². The fourth-order valence-electron chi connectivity index (χ4n) is 3.29. The van der Waals surface area contributed by atoms with Gasteiger partial charge in [-0.25, -0.2) is 8.42 Å². The number of sulfonamides is 1. The number of benzene rings is 2. The molecule has 0 bridgehead atoms. The van der Waals surface area contributed by atoms with Gasteiger partial charge in [-0.1, -0.05) is 17.7 Å². The number of nitro benzene ring substituents is 1. The highest BCUT2D eigenvalue weighted by Crippen LogP contribution is 2.34. The number of aromatic nitrogens is 2. The van der Waals surface area contributed by atoms with Gasteiger partial charge in [0.25, 0.3) is 5.89 Å². The Hall–Kier alpha value is -3.35. The normalized spacial score (nSPS) is 15.8. The molecule has 0 N–H and O–H groups in total. The lowest BCUT2D eigenvalue weighted by atomic mass is 10.1. The molecule has 0 spiro atoms. The Labute approximate surface area is 190 Å². The third kappa shape index (κ3) is 4.87. The molecule has 1 aliphatic rings. The average Bonchev–Trinajstić information content (AvgIpc) is 3.30. The molecule has 1 unspecified atom stereocenters. The molecule has 1 aliphatic heterocycles. The molecular formula is C21H22N4O7S. The van der Waals surface area contributed by atoms with Gasteiger partial charge in [-0.2, -0.15) is 4.31 Å². The largest absolute Gasteiger partial charge is 0.474 e. The van der Waals surface area contributed by atoms with Crippen molar-refractivity contribution in [2.45, 2.75) is 24.8 Å². The van der Waals surface area contributed by atoms with Crippen LogP contribution in [0.4, 0.5) is 5.69 Å². The van der Waals surface area contributed by atoms with E-state index in [9.17, 15) is 18.5 Å². The van der Waals surface area contributed by atoms with E-state index in [0.717, 1.165) is 17.2 Å². The molecule has 2 aromatic carbocycles. The molecule has 0 aliphatic carbocycles. The van der Waals surface area contributed by atoms with Crippen molar-refractivity contribution in [3.63, 3.8) is 0 Å². The predicted octanol–water partition coefficient (Wildman–Crippen LogP) is 3.11. The number of morpholine rings is 1. The number of ether oxygens (including phenoxy) is 2. The molecule has 4 rings (SSSR count). The average molecular weight is 474 g/mol. The number of nitrogens with zero attached hydrogens (tertiary/aromatic N) is 4. The van der Waals surface area contributed by atoms with Crippen LogP contribution in [0.3, 0.4) is 0 Å². The number of hydrogen-bond acceptors (Lipinski definition) is 9. The lowest BCUT2D eigenvalue weighted by Gasteiger charge is -2.26. The molecule has 1 aromatic heterocycles. The summed E-state index contributed by atoms with van der Waals surface area (Å²) in [6.45, 7) is 4.49. The highest BCUT2D eigenvalue weighted by molar-refractivity contribution is 7.89. The van der Waals surface area contributed by atoms with E-state index in [-0.39, 0.29) is 42.8 Å². The van der Waals surface area contributed by atoms with Crippen LogP contribution in [0.25, 0.3) is 11.5 Å². The summed E-state index contributed by atoms with van der Waals surface area (Å²) in [6, 6.07) is 11.1. The van der Waals surface area contributed by atoms with Crippen molar-refractivity contribution in [3.05, 3.63) is 64.0 Å². The van der Waals surface area contributed by atoms with E-state index in [2.05, 4.69) is 10.2 Å². The van der Waals surface area contributed by atoms with E-state index in [1.165, 1.54) is 16.4 Å². The van der Waals surface area contributed by atoms with Gasteiger partial charge in [0.1, 0.15) is 0 Å². The molecule has 1 atom stereocenters. The summed E-state index contributed by atoms with van der Waals surface area (Å²) < 4.78 is 43.5. The van der Waals surface area contributed by atoms with Crippen LogP contribution >= 0.6 is 0 Å². The fourth-order valence-corrected chi connectivity index (χ4v) is 4.72. The van der Waals surface area contributed by atoms with Crippen molar-refractivity contribution in [2.75, 3.05) is 26.3 Å². The highest BCUT2D eigenvalue weighted by atomic mass is 32.2. The quantitative estimate of drug-likeness (QED) is 0.373. The van der Waals surface area contributed by atoms with Gasteiger partial charge in [0, 0.05) is 24.7 Å². The van der Waals surface area contributed by atoms with Crippen LogP contribution in [0.1, 0.15) is 24.5 Å². The lowest BCUT2D eigenvalue weighted by Crippen LogP contribution is -2.40. The van der Waals surface area contributed by atoms with Crippen LogP contribution in [0.5, 0.6) is 5.75 Å². The Kier molecular flexibility index (Phi) is 6.40. The van der Waals surface area contributed by atoms with E-state index in [1.807, 2.05) is 31.2 Å². The lowest BCUT2D eigenvalue weighted by molar-refractivity contribution is -0.386. The second-order valence-electron chi connectivity index (χ2n) is 7.47. The Morgan fingerprint density at radius 2 is 1.82 bits per heavy atom. The second-order valence-corrected chi connectivity index (χ2v) is 9.41. The van der Waals surface area contributed by atoms with Gasteiger partial charge in [0.15, 0.2) is 11.9 Å². The fraction of sp³-hybridized carbons (Fsp3) is 0.333. The minimum atomic E-state index is -3.89. The van der Waals surface area contributed by atoms with Crippen molar-refractivity contribution in [2.24, 2.45) is 0 Å². The second kappa shape index (κ2) is 9.25. The molecule has 1 fully saturated rings. The van der Waals surface area contributed by atoms with E-state index < -0.39 is 26.7 Å². The molecule has 3 aromatic rings. The van der Waals surface area contributed by atoms with Gasteiger partial charge in [-0.3, -0.25) is 10.1 Å². The zero-order valence-corrected chi connectivity index (χ0v) is 18.8. The predicted molar refractivity (Wildman–Crippen MR) is 116 cm³/mol. The summed E-state index contributed by atoms with van der Waals surface area (Å²) in [4.78, 5) is 10.8. The standard InChI is InChI=1S/C21H22N4O7S/c1-14-3-5-16(6-4-14)21-23-22-20(32-21)15(2)31-19-8-7-17(13-18(19)25(26)27)33(28,29)24-9-11-30-12-10-24/h3-8,13,15H,9-12H2,1-2H3. The van der Waals surface area contributed by atoms with Crippen molar-refractivity contribution in [1.82, 2.24) is 14.5 Å². The van der Waals surface area contributed by atoms with Crippen molar-refractivity contribution in [3.8, 4) is 17.2 Å². The molecule has 2 heterocycles. The third-order valence-corrected chi connectivity index (χ3v) is 7.02. The van der Waals surface area contributed by atoms with Gasteiger partial charge in [0.05, 0.1) is 23.0 Å². The smallest absolute Gasteiger partial charge is 0.312 e. The molecule has 0 amide bonds. The maximum Gasteiger partial charge on any atom is 0.312 e. The summed E-state index contributed by atoms with van der Waals surface area (Å²) in [5.74, 6) is 0.315. The molecule has 12 heteroatoms. The van der Waals surface area contributed by atoms with E-state index >= 15 is 0 Å². The molecule has 11 nitrogen and oxygen atoms in total. The van der Waals surface area contributed by atoms with Crippen LogP contribution in [0.2, 0.25) is 0 Å². The number of hydrogen-bond donors (Lipinski definition) is 0. The highest BCUT2D eigenvalue weighted by Gasteiger charge is 2.30. The molecule has 174 valence electrons. The molecular weight excluding hydrogens is 452 g/mol. The van der Waals surface area contributed by atoms with Gasteiger partial charge in [-0.15, -0.1) is 10.2 Å². The summed E-state index contributed by atoms with van der Waals surface area (Å²) in [5.41, 5.74) is 1.34. The van der Waals surface area contributed by atoms with Crippen LogP contribution < -0.4 is 4.74 Å². The van der Waals surface area contributed by atoms with Crippen LogP contribution in [-0.4, -0.2) is 54.1 Å². The zero-order chi connectivity index (χ0) is 23.6. The van der Waals surface area contributed by atoms with Crippen LogP contribution in [0, 0.1) is 17.0 Å². The third-order valence-electron chi connectivity index (χ3n) is 5.13. The van der Waals surface area contributed by atoms with Gasteiger partial charge in [-0.05, 0) is 38.1 Å². The first-order chi connectivity index (χ1) is 15.8. The zero-order valence-electron chi connectivity index (χ0n) is 18.0. The summed E-state index contributed by atoms with van der Waals surface area (Å²) >= 11 is 0. The Balaban J connectivity index is 1.56. The molecule has 0 radical (unpaired) electrons. The number of aryl methyl sites for hydroxylation is 1. The molecule has 33 heavy (non-hydrogen) atoms. The maximum absolute atomic E-state index is 12.8. The number of nitro groups is 1. The number of rotatable bonds is 7. The van der Waals surface area contributed by atoms with Crippen LogP contribution in [-0.2, 0) is 14.8 Å². The Morgan fingerprint density at radius 1 is 1.12 bits per heavy atom. The Bertz CT molecular complexity index is 1250. The first kappa shape index (κ1) is 22.8. The minimum absolute atomic E-state index is 0.108. The topological polar surface area (TPSA) is 138 Å². The van der Waals surface area contributed by atoms with Crippen molar-refractivity contribution >= 4 is 15.7 Å². The summed E-state index contributed by atoms with van der Waals surface area (Å²) in [6.07, 6.45) is -0.808. The first-order valence-corrected chi connectivity index (χ1v) is 11.6. The van der Waals surface area contributed by atoms with E-state index in [4.69, 9.17) is 13.9 Å². The van der Waals surface area contributed by atoms with Gasteiger partial charge >= 0.3 is 5.69 Å². The Morgan fingerprint density at radius 3 is 2.48 bits per heavy atom. The maximum atomic E-state index is 12.8. The first-order valence-electron chi connectivity index (χ1n) is 10.2. The van der Waals surface area contributed by atoms with E-state index in [0.29, 0.717) is 5.89 Å². The van der Waals surface area contributed by atoms with Crippen LogP contribution in [0.15, 0.2) is 51.8 Å². The summed E-state index contributed by atoms with van der Waals surface area (Å²) in [7, 11) is -3.89.